The summed E-state index contributed by atoms with van der Waals surface area (Å²) in [6.45, 7) is 6.35. The van der Waals surface area contributed by atoms with Crippen molar-refractivity contribution in [3.8, 4) is 0 Å². The van der Waals surface area contributed by atoms with Gasteiger partial charge in [-0.2, -0.15) is 0 Å². The Morgan fingerprint density at radius 2 is 2.42 bits per heavy atom. The molecule has 2 N–H and O–H groups in total. The van der Waals surface area contributed by atoms with Crippen LogP contribution in [0.4, 0.5) is 0 Å². The highest BCUT2D eigenvalue weighted by molar-refractivity contribution is 5.72. The highest BCUT2D eigenvalue weighted by Crippen LogP contribution is 2.04. The van der Waals surface area contributed by atoms with Crippen LogP contribution in [0.2, 0.25) is 0 Å². The second-order valence-electron chi connectivity index (χ2n) is 3.36. The molecule has 0 saturated carbocycles. The Labute approximate surface area is 72.6 Å². The van der Waals surface area contributed by atoms with Crippen LogP contribution in [0, 0.1) is 0 Å². The van der Waals surface area contributed by atoms with E-state index in [9.17, 15) is 4.79 Å². The van der Waals surface area contributed by atoms with E-state index in [2.05, 4.69) is 12.2 Å². The van der Waals surface area contributed by atoms with Gasteiger partial charge >= 0.3 is 5.97 Å². The number of hydrogen-bond acceptors (Lipinski definition) is 3. The summed E-state index contributed by atoms with van der Waals surface area (Å²) in [6, 6.07) is 0.0510. The van der Waals surface area contributed by atoms with Gasteiger partial charge in [0, 0.05) is 25.7 Å². The van der Waals surface area contributed by atoms with Crippen molar-refractivity contribution in [1.82, 2.24) is 10.2 Å². The molecule has 0 aliphatic carbocycles. The van der Waals surface area contributed by atoms with E-state index in [-0.39, 0.29) is 6.04 Å². The highest BCUT2D eigenvalue weighted by atomic mass is 16.4. The predicted molar refractivity (Wildman–Crippen MR) is 46.1 cm³/mol. The van der Waals surface area contributed by atoms with Crippen molar-refractivity contribution < 1.29 is 9.90 Å². The van der Waals surface area contributed by atoms with E-state index in [0.717, 1.165) is 19.6 Å². The fraction of sp³-hybridized carbons (Fsp3) is 0.875. The molecule has 4 nitrogen and oxygen atoms in total. The van der Waals surface area contributed by atoms with Gasteiger partial charge in [0.05, 0.1) is 0 Å². The Kier molecular flexibility index (Phi) is 3.05. The Morgan fingerprint density at radius 1 is 1.75 bits per heavy atom. The topological polar surface area (TPSA) is 52.6 Å². The Bertz CT molecular complexity index is 172. The summed E-state index contributed by atoms with van der Waals surface area (Å²) < 4.78 is 0. The van der Waals surface area contributed by atoms with Crippen LogP contribution in [0.5, 0.6) is 0 Å². The number of nitrogens with one attached hydrogen (secondary N) is 1. The molecular formula is C8H16N2O2. The zero-order valence-corrected chi connectivity index (χ0v) is 7.58. The van der Waals surface area contributed by atoms with Crippen LogP contribution in [-0.4, -0.2) is 47.7 Å². The van der Waals surface area contributed by atoms with Crippen LogP contribution in [0.15, 0.2) is 0 Å². The van der Waals surface area contributed by atoms with Crippen LogP contribution in [0.25, 0.3) is 0 Å². The molecule has 12 heavy (non-hydrogen) atoms. The molecule has 1 fully saturated rings. The number of piperazine rings is 1. The third-order valence-corrected chi connectivity index (χ3v) is 2.31. The number of aliphatic carboxylic acids is 1. The first kappa shape index (κ1) is 9.48. The Morgan fingerprint density at radius 3 is 2.92 bits per heavy atom. The molecule has 4 heteroatoms. The summed E-state index contributed by atoms with van der Waals surface area (Å²) in [6.07, 6.45) is 0. The molecule has 0 aromatic carbocycles. The van der Waals surface area contributed by atoms with E-state index in [0.29, 0.717) is 6.04 Å². The van der Waals surface area contributed by atoms with Crippen LogP contribution < -0.4 is 5.32 Å². The lowest BCUT2D eigenvalue weighted by Crippen LogP contribution is -2.54. The van der Waals surface area contributed by atoms with Crippen LogP contribution in [-0.2, 0) is 4.79 Å². The minimum atomic E-state index is -0.732. The van der Waals surface area contributed by atoms with Gasteiger partial charge in [0.1, 0.15) is 6.04 Å². The maximum Gasteiger partial charge on any atom is 0.320 e. The molecule has 1 heterocycles. The van der Waals surface area contributed by atoms with Crippen molar-refractivity contribution in [2.75, 3.05) is 19.6 Å². The minimum Gasteiger partial charge on any atom is -0.480 e. The van der Waals surface area contributed by atoms with E-state index in [4.69, 9.17) is 5.11 Å². The van der Waals surface area contributed by atoms with Crippen molar-refractivity contribution in [2.24, 2.45) is 0 Å². The zero-order valence-electron chi connectivity index (χ0n) is 7.58. The summed E-state index contributed by atoms with van der Waals surface area (Å²) in [5.74, 6) is -0.732. The number of carboxylic acids is 1. The van der Waals surface area contributed by atoms with Crippen molar-refractivity contribution >= 4 is 5.97 Å². The molecule has 2 unspecified atom stereocenters. The number of hydrogen-bond donors (Lipinski definition) is 2. The van der Waals surface area contributed by atoms with E-state index in [1.807, 2.05) is 4.90 Å². The molecule has 0 amide bonds. The zero-order chi connectivity index (χ0) is 9.14. The molecule has 1 saturated heterocycles. The summed E-state index contributed by atoms with van der Waals surface area (Å²) in [4.78, 5) is 12.6. The van der Waals surface area contributed by atoms with Crippen molar-refractivity contribution in [1.29, 1.82) is 0 Å². The first-order chi connectivity index (χ1) is 5.61. The maximum absolute atomic E-state index is 10.6. The van der Waals surface area contributed by atoms with Crippen LogP contribution >= 0.6 is 0 Å². The molecule has 0 bridgehead atoms. The van der Waals surface area contributed by atoms with Crippen molar-refractivity contribution in [3.63, 3.8) is 0 Å². The molecule has 0 aromatic heterocycles. The second kappa shape index (κ2) is 3.87. The van der Waals surface area contributed by atoms with Gasteiger partial charge in [-0.25, -0.2) is 0 Å². The highest BCUT2D eigenvalue weighted by Gasteiger charge is 2.24. The second-order valence-corrected chi connectivity index (χ2v) is 3.36. The minimum absolute atomic E-state index is 0.352. The van der Waals surface area contributed by atoms with E-state index in [1.165, 1.54) is 0 Å². The molecular weight excluding hydrogens is 156 g/mol. The van der Waals surface area contributed by atoms with E-state index in [1.54, 1.807) is 6.92 Å². The van der Waals surface area contributed by atoms with Gasteiger partial charge in [0.15, 0.2) is 0 Å². The van der Waals surface area contributed by atoms with Crippen LogP contribution in [0.3, 0.4) is 0 Å². The standard InChI is InChI=1S/C8H16N2O2/c1-6-5-10(4-3-9-6)7(2)8(11)12/h6-7,9H,3-5H2,1-2H3,(H,11,12). The number of carboxylic acid groups (broad SMARTS) is 1. The first-order valence-electron chi connectivity index (χ1n) is 4.31. The van der Waals surface area contributed by atoms with Crippen molar-refractivity contribution in [2.45, 2.75) is 25.9 Å². The lowest BCUT2D eigenvalue weighted by Gasteiger charge is -2.34. The number of nitrogens with zero attached hydrogens (tertiary/aromatic N) is 1. The van der Waals surface area contributed by atoms with Gasteiger partial charge in [0.2, 0.25) is 0 Å². The molecule has 1 rings (SSSR count). The average Bonchev–Trinajstić information content (AvgIpc) is 2.03. The summed E-state index contributed by atoms with van der Waals surface area (Å²) in [5, 5.41) is 12.0. The lowest BCUT2D eigenvalue weighted by atomic mass is 10.2. The SMILES string of the molecule is CC1CN(C(C)C(=O)O)CCN1. The summed E-state index contributed by atoms with van der Waals surface area (Å²) in [7, 11) is 0. The summed E-state index contributed by atoms with van der Waals surface area (Å²) >= 11 is 0. The Balaban J connectivity index is 2.45. The average molecular weight is 172 g/mol. The summed E-state index contributed by atoms with van der Waals surface area (Å²) in [5.41, 5.74) is 0. The third-order valence-electron chi connectivity index (χ3n) is 2.31. The van der Waals surface area contributed by atoms with Gasteiger partial charge in [0.25, 0.3) is 0 Å². The number of carbonyl (C=O) groups is 1. The fourth-order valence-electron chi connectivity index (χ4n) is 1.47. The van der Waals surface area contributed by atoms with Crippen LogP contribution in [0.1, 0.15) is 13.8 Å². The molecule has 1 aliphatic rings. The molecule has 2 atom stereocenters. The smallest absolute Gasteiger partial charge is 0.320 e. The Hall–Kier alpha value is -0.610. The lowest BCUT2D eigenvalue weighted by molar-refractivity contribution is -0.143. The quantitative estimate of drug-likeness (QED) is 0.603. The predicted octanol–water partition coefficient (Wildman–Crippen LogP) is -0.247. The molecule has 0 spiro atoms. The molecule has 70 valence electrons. The molecule has 0 aromatic rings. The van der Waals surface area contributed by atoms with Gasteiger partial charge in [-0.05, 0) is 13.8 Å². The normalized spacial score (nSPS) is 28.3. The van der Waals surface area contributed by atoms with E-state index < -0.39 is 5.97 Å². The first-order valence-corrected chi connectivity index (χ1v) is 4.31. The maximum atomic E-state index is 10.6. The largest absolute Gasteiger partial charge is 0.480 e. The van der Waals surface area contributed by atoms with Gasteiger partial charge in [-0.15, -0.1) is 0 Å². The van der Waals surface area contributed by atoms with Gasteiger partial charge in [-0.3, -0.25) is 9.69 Å². The van der Waals surface area contributed by atoms with Gasteiger partial charge < -0.3 is 10.4 Å². The van der Waals surface area contributed by atoms with E-state index >= 15 is 0 Å². The third kappa shape index (κ3) is 2.19. The van der Waals surface area contributed by atoms with Crippen molar-refractivity contribution in [3.05, 3.63) is 0 Å². The number of rotatable bonds is 2. The fourth-order valence-corrected chi connectivity index (χ4v) is 1.47. The molecule has 1 aliphatic heterocycles. The van der Waals surface area contributed by atoms with Gasteiger partial charge in [-0.1, -0.05) is 0 Å². The monoisotopic (exact) mass is 172 g/mol. The molecule has 0 radical (unpaired) electrons.